The van der Waals surface area contributed by atoms with E-state index in [2.05, 4.69) is 20.7 Å². The third-order valence-electron chi connectivity index (χ3n) is 6.04. The van der Waals surface area contributed by atoms with Gasteiger partial charge in [0.15, 0.2) is 5.82 Å². The molecule has 0 spiro atoms. The van der Waals surface area contributed by atoms with E-state index in [0.29, 0.717) is 24.9 Å². The minimum atomic E-state index is -0.320. The number of hydrogen-bond donors (Lipinski definition) is 4. The molecule has 4 N–H and O–H groups in total. The molecule has 0 amide bonds. The number of benzene rings is 1. The van der Waals surface area contributed by atoms with Gasteiger partial charge in [-0.3, -0.25) is 4.68 Å². The molecule has 1 fully saturated rings. The molecule has 0 unspecified atom stereocenters. The Labute approximate surface area is 195 Å². The molecule has 1 saturated carbocycles. The van der Waals surface area contributed by atoms with Gasteiger partial charge >= 0.3 is 0 Å². The van der Waals surface area contributed by atoms with Crippen LogP contribution in [0.25, 0.3) is 11.0 Å². The molecule has 1 atom stereocenters. The molecule has 1 aromatic carbocycles. The van der Waals surface area contributed by atoms with Gasteiger partial charge in [-0.1, -0.05) is 7.43 Å². The quantitative estimate of drug-likeness (QED) is 0.390. The minimum Gasteiger partial charge on any atom is -0.490 e. The van der Waals surface area contributed by atoms with Crippen molar-refractivity contribution in [1.82, 2.24) is 24.6 Å². The van der Waals surface area contributed by atoms with E-state index in [4.69, 9.17) is 4.74 Å². The molecule has 1 aliphatic rings. The monoisotopic (exact) mass is 458 g/mol. The van der Waals surface area contributed by atoms with Gasteiger partial charge in [0.2, 0.25) is 0 Å². The number of rotatable bonds is 9. The van der Waals surface area contributed by atoms with Crippen LogP contribution in [0.4, 0.5) is 11.5 Å². The first-order valence-corrected chi connectivity index (χ1v) is 11.4. The van der Waals surface area contributed by atoms with E-state index in [9.17, 15) is 10.2 Å². The van der Waals surface area contributed by atoms with Gasteiger partial charge < -0.3 is 30.2 Å². The van der Waals surface area contributed by atoms with Crippen molar-refractivity contribution in [1.29, 1.82) is 0 Å². The predicted octanol–water partition coefficient (Wildman–Crippen LogP) is 3.11. The summed E-state index contributed by atoms with van der Waals surface area (Å²) < 4.78 is 10.2. The molecule has 9 heteroatoms. The fraction of sp³-hybridized carbons (Fsp3) is 0.583. The molecular formula is C24H38N6O3. The summed E-state index contributed by atoms with van der Waals surface area (Å²) in [4.78, 5) is 4.55. The van der Waals surface area contributed by atoms with E-state index < -0.39 is 0 Å². The van der Waals surface area contributed by atoms with Crippen LogP contribution < -0.4 is 15.4 Å². The van der Waals surface area contributed by atoms with Crippen molar-refractivity contribution in [3.05, 3.63) is 30.2 Å². The van der Waals surface area contributed by atoms with Crippen LogP contribution in [0.1, 0.15) is 45.7 Å². The molecule has 4 rings (SSSR count). The van der Waals surface area contributed by atoms with E-state index in [1.54, 1.807) is 17.9 Å². The first-order chi connectivity index (χ1) is 15.4. The number of anilines is 2. The molecular weight excluding hydrogens is 420 g/mol. The maximum atomic E-state index is 9.48. The van der Waals surface area contributed by atoms with Gasteiger partial charge in [0.25, 0.3) is 0 Å². The summed E-state index contributed by atoms with van der Waals surface area (Å²) in [5, 5.41) is 30.1. The number of ether oxygens (including phenoxy) is 1. The second kappa shape index (κ2) is 11.0. The van der Waals surface area contributed by atoms with Crippen LogP contribution >= 0.6 is 0 Å². The fourth-order valence-electron chi connectivity index (χ4n) is 4.31. The van der Waals surface area contributed by atoms with Crippen molar-refractivity contribution < 1.29 is 14.9 Å². The van der Waals surface area contributed by atoms with E-state index in [1.807, 2.05) is 36.7 Å². The second-order valence-electron chi connectivity index (χ2n) is 8.79. The van der Waals surface area contributed by atoms with Gasteiger partial charge in [-0.2, -0.15) is 5.10 Å². The molecule has 3 aromatic rings. The van der Waals surface area contributed by atoms with Gasteiger partial charge in [-0.15, -0.1) is 0 Å². The number of aliphatic hydroxyl groups excluding tert-OH is 2. The lowest BCUT2D eigenvalue weighted by Gasteiger charge is -2.30. The van der Waals surface area contributed by atoms with Gasteiger partial charge in [0.05, 0.1) is 42.9 Å². The summed E-state index contributed by atoms with van der Waals surface area (Å²) in [6.45, 7) is 4.92. The number of nitrogens with zero attached hydrogens (tertiary/aromatic N) is 4. The second-order valence-corrected chi connectivity index (χ2v) is 8.79. The SMILES string of the molecule is C.Cc1cc(Nc2cc(OC3CCC(NC[C@H](C)O)CC3)cc3c2ncn3C)nn1CCO. The molecule has 0 saturated heterocycles. The molecule has 0 radical (unpaired) electrons. The first kappa shape index (κ1) is 25.0. The highest BCUT2D eigenvalue weighted by Gasteiger charge is 2.23. The average molecular weight is 459 g/mol. The molecule has 182 valence electrons. The predicted molar refractivity (Wildman–Crippen MR) is 131 cm³/mol. The molecule has 2 heterocycles. The number of aryl methyl sites for hydroxylation is 2. The number of aromatic nitrogens is 4. The van der Waals surface area contributed by atoms with Crippen LogP contribution in [0.2, 0.25) is 0 Å². The summed E-state index contributed by atoms with van der Waals surface area (Å²) in [5.41, 5.74) is 3.68. The highest BCUT2D eigenvalue weighted by molar-refractivity contribution is 5.91. The van der Waals surface area contributed by atoms with Crippen LogP contribution in [0.5, 0.6) is 5.75 Å². The zero-order valence-corrected chi connectivity index (χ0v) is 19.1. The lowest BCUT2D eigenvalue weighted by atomic mass is 9.93. The van der Waals surface area contributed by atoms with E-state index in [0.717, 1.165) is 53.8 Å². The topological polar surface area (TPSA) is 109 Å². The van der Waals surface area contributed by atoms with Crippen molar-refractivity contribution in [3.63, 3.8) is 0 Å². The minimum absolute atomic E-state index is 0. The largest absolute Gasteiger partial charge is 0.490 e. The highest BCUT2D eigenvalue weighted by Crippen LogP contribution is 2.32. The van der Waals surface area contributed by atoms with Crippen molar-refractivity contribution in [2.45, 2.75) is 71.8 Å². The number of fused-ring (bicyclic) bond motifs is 1. The molecule has 0 aliphatic heterocycles. The van der Waals surface area contributed by atoms with Crippen molar-refractivity contribution in [2.75, 3.05) is 18.5 Å². The number of aliphatic hydroxyl groups is 2. The maximum Gasteiger partial charge on any atom is 0.152 e. The summed E-state index contributed by atoms with van der Waals surface area (Å²) in [5.74, 6) is 1.53. The van der Waals surface area contributed by atoms with Crippen LogP contribution in [-0.4, -0.2) is 60.9 Å². The Morgan fingerprint density at radius 2 is 1.97 bits per heavy atom. The summed E-state index contributed by atoms with van der Waals surface area (Å²) in [6.07, 6.45) is 5.69. The Balaban J connectivity index is 0.00000306. The third kappa shape index (κ3) is 6.04. The van der Waals surface area contributed by atoms with Crippen molar-refractivity contribution in [2.24, 2.45) is 7.05 Å². The van der Waals surface area contributed by atoms with E-state index >= 15 is 0 Å². The summed E-state index contributed by atoms with van der Waals surface area (Å²) >= 11 is 0. The lowest BCUT2D eigenvalue weighted by Crippen LogP contribution is -2.39. The van der Waals surface area contributed by atoms with Gasteiger partial charge in [-0.05, 0) is 39.5 Å². The Morgan fingerprint density at radius 3 is 2.67 bits per heavy atom. The average Bonchev–Trinajstić information content (AvgIpc) is 3.30. The molecule has 9 nitrogen and oxygen atoms in total. The van der Waals surface area contributed by atoms with E-state index in [1.165, 1.54) is 0 Å². The molecule has 2 aromatic heterocycles. The van der Waals surface area contributed by atoms with E-state index in [-0.39, 0.29) is 26.2 Å². The molecule has 0 bridgehead atoms. The fourth-order valence-corrected chi connectivity index (χ4v) is 4.31. The first-order valence-electron chi connectivity index (χ1n) is 11.4. The Bertz CT molecular complexity index is 1040. The highest BCUT2D eigenvalue weighted by atomic mass is 16.5. The zero-order chi connectivity index (χ0) is 22.7. The number of imidazole rings is 1. The van der Waals surface area contributed by atoms with Gasteiger partial charge in [-0.25, -0.2) is 4.98 Å². The van der Waals surface area contributed by atoms with Gasteiger partial charge in [0, 0.05) is 43.5 Å². The van der Waals surface area contributed by atoms with Crippen LogP contribution in [0.15, 0.2) is 24.5 Å². The van der Waals surface area contributed by atoms with Crippen molar-refractivity contribution >= 4 is 22.5 Å². The Hall–Kier alpha value is -2.62. The summed E-state index contributed by atoms with van der Waals surface area (Å²) in [6, 6.07) is 6.44. The number of nitrogens with one attached hydrogen (secondary N) is 2. The summed E-state index contributed by atoms with van der Waals surface area (Å²) in [7, 11) is 1.97. The zero-order valence-electron chi connectivity index (χ0n) is 19.1. The van der Waals surface area contributed by atoms with Crippen molar-refractivity contribution in [3.8, 4) is 5.75 Å². The normalized spacial score (nSPS) is 19.3. The van der Waals surface area contributed by atoms with Gasteiger partial charge in [0.1, 0.15) is 11.3 Å². The smallest absolute Gasteiger partial charge is 0.152 e. The number of hydrogen-bond acceptors (Lipinski definition) is 7. The standard InChI is InChI=1S/C23H34N6O3.CH4/c1-15-10-22(27-29(15)8-9-30)26-20-11-19(12-21-23(20)25-14-28(21)3)32-18-6-4-17(5-7-18)24-13-16(2)31;/h10-12,14,16-18,24,30-31H,4-9,13H2,1-3H3,(H,26,27);1H4/t16-,17?,18?;/m0./s1. The van der Waals surface area contributed by atoms with Crippen LogP contribution in [-0.2, 0) is 13.6 Å². The van der Waals surface area contributed by atoms with Crippen LogP contribution in [0.3, 0.4) is 0 Å². The van der Waals surface area contributed by atoms with Crippen LogP contribution in [0, 0.1) is 6.92 Å². The lowest BCUT2D eigenvalue weighted by molar-refractivity contribution is 0.131. The Kier molecular flexibility index (Phi) is 8.34. The molecule has 33 heavy (non-hydrogen) atoms. The molecule has 1 aliphatic carbocycles. The maximum absolute atomic E-state index is 9.48. The Morgan fingerprint density at radius 1 is 1.21 bits per heavy atom. The third-order valence-corrected chi connectivity index (χ3v) is 6.04.